The number of aromatic nitrogens is 4. The van der Waals surface area contributed by atoms with Crippen LogP contribution >= 0.6 is 11.3 Å². The molecule has 0 bridgehead atoms. The molecule has 1 N–H and O–H groups in total. The average Bonchev–Trinajstić information content (AvgIpc) is 2.95. The van der Waals surface area contributed by atoms with E-state index in [0.29, 0.717) is 15.8 Å². The summed E-state index contributed by atoms with van der Waals surface area (Å²) in [5.74, 6) is 0.436. The van der Waals surface area contributed by atoms with Gasteiger partial charge in [0.15, 0.2) is 5.82 Å². The number of nitrogens with zero attached hydrogens (tertiary/aromatic N) is 4. The molecule has 1 aromatic carbocycles. The molecule has 0 radical (unpaired) electrons. The number of aryl methyl sites for hydroxylation is 2. The summed E-state index contributed by atoms with van der Waals surface area (Å²) in [7, 11) is 0. The van der Waals surface area contributed by atoms with Crippen LogP contribution in [0.2, 0.25) is 0 Å². The summed E-state index contributed by atoms with van der Waals surface area (Å²) >= 11 is 1.22. The number of carbonyl (C=O) groups excluding carboxylic acids is 1. The van der Waals surface area contributed by atoms with Gasteiger partial charge >= 0.3 is 0 Å². The van der Waals surface area contributed by atoms with Crippen LogP contribution in [0, 0.1) is 13.8 Å². The van der Waals surface area contributed by atoms with Crippen molar-refractivity contribution >= 4 is 27.9 Å². The molecule has 0 fully saturated rings. The quantitative estimate of drug-likeness (QED) is 0.775. The first-order chi connectivity index (χ1) is 9.15. The molecule has 0 aliphatic carbocycles. The number of hydrogen-bond acceptors (Lipinski definition) is 5. The SMILES string of the molecule is Cc1ccccc1NC(=O)c1nn2c(C)nnc2s1. The standard InChI is InChI=1S/C12H11N5OS/c1-7-5-3-4-6-9(7)13-10(18)11-16-17-8(2)14-15-12(17)19-11/h3-6H,1-2H3,(H,13,18). The third kappa shape index (κ3) is 2.08. The normalized spacial score (nSPS) is 10.8. The summed E-state index contributed by atoms with van der Waals surface area (Å²) in [5, 5.41) is 15.2. The van der Waals surface area contributed by atoms with Crippen molar-refractivity contribution in [2.24, 2.45) is 0 Å². The Kier molecular flexibility index (Phi) is 2.75. The highest BCUT2D eigenvalue weighted by atomic mass is 32.1. The molecule has 19 heavy (non-hydrogen) atoms. The Morgan fingerprint density at radius 1 is 1.26 bits per heavy atom. The van der Waals surface area contributed by atoms with Crippen LogP contribution in [0.15, 0.2) is 24.3 Å². The predicted octanol–water partition coefficient (Wildman–Crippen LogP) is 2.05. The number of nitrogens with one attached hydrogen (secondary N) is 1. The maximum absolute atomic E-state index is 12.1. The molecular weight excluding hydrogens is 262 g/mol. The van der Waals surface area contributed by atoms with Gasteiger partial charge in [-0.15, -0.1) is 15.3 Å². The monoisotopic (exact) mass is 273 g/mol. The smallest absolute Gasteiger partial charge is 0.286 e. The second-order valence-electron chi connectivity index (χ2n) is 4.12. The van der Waals surface area contributed by atoms with E-state index in [1.54, 1.807) is 11.4 Å². The summed E-state index contributed by atoms with van der Waals surface area (Å²) in [5.41, 5.74) is 1.80. The minimum atomic E-state index is -0.232. The topological polar surface area (TPSA) is 72.2 Å². The summed E-state index contributed by atoms with van der Waals surface area (Å²) in [6, 6.07) is 7.61. The van der Waals surface area contributed by atoms with Gasteiger partial charge in [0.05, 0.1) is 0 Å². The molecule has 0 saturated heterocycles. The van der Waals surface area contributed by atoms with Gasteiger partial charge in [0.25, 0.3) is 5.91 Å². The van der Waals surface area contributed by atoms with Crippen molar-refractivity contribution in [3.05, 3.63) is 40.7 Å². The van der Waals surface area contributed by atoms with Gasteiger partial charge < -0.3 is 5.32 Å². The lowest BCUT2D eigenvalue weighted by Gasteiger charge is -2.05. The van der Waals surface area contributed by atoms with Crippen molar-refractivity contribution in [3.8, 4) is 0 Å². The molecule has 0 atom stereocenters. The molecule has 2 aromatic heterocycles. The highest BCUT2D eigenvalue weighted by Gasteiger charge is 2.15. The number of fused-ring (bicyclic) bond motifs is 1. The van der Waals surface area contributed by atoms with Crippen LogP contribution in [0.5, 0.6) is 0 Å². The van der Waals surface area contributed by atoms with Gasteiger partial charge in [-0.2, -0.15) is 4.52 Å². The number of hydrogen-bond donors (Lipinski definition) is 1. The second-order valence-corrected chi connectivity index (χ2v) is 5.07. The average molecular weight is 273 g/mol. The molecule has 0 spiro atoms. The van der Waals surface area contributed by atoms with Gasteiger partial charge in [-0.3, -0.25) is 4.79 Å². The van der Waals surface area contributed by atoms with Crippen LogP contribution in [-0.2, 0) is 0 Å². The summed E-state index contributed by atoms with van der Waals surface area (Å²) in [6.45, 7) is 3.74. The predicted molar refractivity (Wildman–Crippen MR) is 72.5 cm³/mol. The number of benzene rings is 1. The summed E-state index contributed by atoms with van der Waals surface area (Å²) in [6.07, 6.45) is 0. The Morgan fingerprint density at radius 2 is 2.05 bits per heavy atom. The zero-order chi connectivity index (χ0) is 13.4. The number of rotatable bonds is 2. The highest BCUT2D eigenvalue weighted by Crippen LogP contribution is 2.17. The van der Waals surface area contributed by atoms with Gasteiger partial charge in [-0.05, 0) is 25.5 Å². The molecular formula is C12H11N5OS. The van der Waals surface area contributed by atoms with Crippen LogP contribution in [0.3, 0.4) is 0 Å². The van der Waals surface area contributed by atoms with Gasteiger partial charge in [0, 0.05) is 5.69 Å². The van der Waals surface area contributed by atoms with E-state index in [0.717, 1.165) is 11.3 Å². The lowest BCUT2D eigenvalue weighted by molar-refractivity contribution is 0.102. The van der Waals surface area contributed by atoms with Crippen molar-refractivity contribution in [2.45, 2.75) is 13.8 Å². The third-order valence-corrected chi connectivity index (χ3v) is 3.63. The van der Waals surface area contributed by atoms with E-state index in [4.69, 9.17) is 0 Å². The molecule has 0 unspecified atom stereocenters. The molecule has 0 aliphatic heterocycles. The van der Waals surface area contributed by atoms with E-state index in [1.807, 2.05) is 31.2 Å². The lowest BCUT2D eigenvalue weighted by Crippen LogP contribution is -2.13. The Morgan fingerprint density at radius 3 is 2.79 bits per heavy atom. The molecule has 6 nitrogen and oxygen atoms in total. The molecule has 0 aliphatic rings. The van der Waals surface area contributed by atoms with Gasteiger partial charge in [0.2, 0.25) is 9.97 Å². The first-order valence-corrected chi connectivity index (χ1v) is 6.52. The van der Waals surface area contributed by atoms with Crippen LogP contribution < -0.4 is 5.32 Å². The van der Waals surface area contributed by atoms with Crippen molar-refractivity contribution in [2.75, 3.05) is 5.32 Å². The van der Waals surface area contributed by atoms with Crippen LogP contribution in [0.1, 0.15) is 21.2 Å². The van der Waals surface area contributed by atoms with E-state index >= 15 is 0 Å². The minimum Gasteiger partial charge on any atom is -0.320 e. The Balaban J connectivity index is 1.90. The molecule has 3 aromatic rings. The van der Waals surface area contributed by atoms with Gasteiger partial charge in [0.1, 0.15) is 0 Å². The van der Waals surface area contributed by atoms with Crippen LogP contribution in [0.4, 0.5) is 5.69 Å². The largest absolute Gasteiger partial charge is 0.320 e. The zero-order valence-electron chi connectivity index (χ0n) is 10.4. The maximum atomic E-state index is 12.1. The van der Waals surface area contributed by atoms with Crippen LogP contribution in [-0.4, -0.2) is 25.7 Å². The van der Waals surface area contributed by atoms with E-state index < -0.39 is 0 Å². The molecule has 96 valence electrons. The maximum Gasteiger partial charge on any atom is 0.286 e. The van der Waals surface area contributed by atoms with Crippen LogP contribution in [0.25, 0.3) is 4.96 Å². The number of amides is 1. The van der Waals surface area contributed by atoms with E-state index in [-0.39, 0.29) is 5.91 Å². The summed E-state index contributed by atoms with van der Waals surface area (Å²) < 4.78 is 1.57. The minimum absolute atomic E-state index is 0.232. The lowest BCUT2D eigenvalue weighted by atomic mass is 10.2. The van der Waals surface area contributed by atoms with Crippen molar-refractivity contribution < 1.29 is 4.79 Å². The van der Waals surface area contributed by atoms with Crippen molar-refractivity contribution in [1.29, 1.82) is 0 Å². The Bertz CT molecular complexity index is 760. The van der Waals surface area contributed by atoms with E-state index in [9.17, 15) is 4.79 Å². The fraction of sp³-hybridized carbons (Fsp3) is 0.167. The van der Waals surface area contributed by atoms with E-state index in [2.05, 4.69) is 20.6 Å². The van der Waals surface area contributed by atoms with E-state index in [1.165, 1.54) is 11.3 Å². The van der Waals surface area contributed by atoms with Crippen molar-refractivity contribution in [3.63, 3.8) is 0 Å². The number of para-hydroxylation sites is 1. The third-order valence-electron chi connectivity index (χ3n) is 2.73. The fourth-order valence-corrected chi connectivity index (χ4v) is 2.48. The second kappa shape index (κ2) is 4.43. The van der Waals surface area contributed by atoms with Gasteiger partial charge in [-0.1, -0.05) is 29.5 Å². The Labute approximate surface area is 113 Å². The molecule has 3 rings (SSSR count). The number of carbonyl (C=O) groups is 1. The summed E-state index contributed by atoms with van der Waals surface area (Å²) in [4.78, 5) is 12.7. The zero-order valence-corrected chi connectivity index (χ0v) is 11.2. The van der Waals surface area contributed by atoms with Crippen molar-refractivity contribution in [1.82, 2.24) is 19.8 Å². The Hall–Kier alpha value is -2.28. The fourth-order valence-electron chi connectivity index (χ4n) is 1.70. The molecule has 2 heterocycles. The highest BCUT2D eigenvalue weighted by molar-refractivity contribution is 7.18. The molecule has 0 saturated carbocycles. The first-order valence-electron chi connectivity index (χ1n) is 5.71. The van der Waals surface area contributed by atoms with Gasteiger partial charge in [-0.25, -0.2) is 0 Å². The first kappa shape index (κ1) is 11.8. The number of anilines is 1. The molecule has 1 amide bonds. The molecule has 7 heteroatoms.